The number of aromatic hydroxyl groups is 1. The highest BCUT2D eigenvalue weighted by Gasteiger charge is 2.32. The van der Waals surface area contributed by atoms with Gasteiger partial charge in [-0.3, -0.25) is 9.79 Å². The van der Waals surface area contributed by atoms with Crippen molar-refractivity contribution in [3.05, 3.63) is 77.4 Å². The molecule has 2 unspecified atom stereocenters. The van der Waals surface area contributed by atoms with Crippen molar-refractivity contribution >= 4 is 34.5 Å². The summed E-state index contributed by atoms with van der Waals surface area (Å²) in [6.45, 7) is 6.42. The van der Waals surface area contributed by atoms with Crippen LogP contribution in [0.4, 0.5) is 5.69 Å². The minimum absolute atomic E-state index is 0.139. The number of aliphatic imine (C=N–C) groups is 1. The maximum atomic E-state index is 12.9. The monoisotopic (exact) mass is 411 g/mol. The zero-order valence-electron chi connectivity index (χ0n) is 18.4. The molecular formula is C28H29NO2. The van der Waals surface area contributed by atoms with Crippen molar-refractivity contribution in [1.82, 2.24) is 0 Å². The third-order valence-corrected chi connectivity index (χ3v) is 6.37. The van der Waals surface area contributed by atoms with Crippen LogP contribution in [0.1, 0.15) is 44.7 Å². The van der Waals surface area contributed by atoms with Crippen LogP contribution in [0.25, 0.3) is 16.8 Å². The largest absolute Gasteiger partial charge is 0.507 e. The van der Waals surface area contributed by atoms with Gasteiger partial charge in [0, 0.05) is 17.7 Å². The van der Waals surface area contributed by atoms with Gasteiger partial charge in [-0.25, -0.2) is 0 Å². The zero-order chi connectivity index (χ0) is 22.0. The van der Waals surface area contributed by atoms with Gasteiger partial charge in [0.25, 0.3) is 0 Å². The second-order valence-electron chi connectivity index (χ2n) is 8.86. The van der Waals surface area contributed by atoms with Crippen LogP contribution in [0, 0.1) is 17.8 Å². The topological polar surface area (TPSA) is 49.7 Å². The highest BCUT2D eigenvalue weighted by atomic mass is 16.3. The van der Waals surface area contributed by atoms with Gasteiger partial charge in [-0.15, -0.1) is 0 Å². The number of hydrogen-bond acceptors (Lipinski definition) is 3. The molecule has 158 valence electrons. The third kappa shape index (κ3) is 4.46. The van der Waals surface area contributed by atoms with E-state index in [0.717, 1.165) is 40.4 Å². The first kappa shape index (κ1) is 21.0. The summed E-state index contributed by atoms with van der Waals surface area (Å²) in [5.41, 5.74) is 3.48. The Morgan fingerprint density at radius 1 is 1.00 bits per heavy atom. The molecule has 0 aliphatic heterocycles. The molecule has 0 amide bonds. The van der Waals surface area contributed by atoms with Crippen LogP contribution in [-0.4, -0.2) is 17.1 Å². The number of carbonyl (C=O) groups is 1. The van der Waals surface area contributed by atoms with Gasteiger partial charge in [0.15, 0.2) is 5.78 Å². The molecule has 1 aliphatic rings. The van der Waals surface area contributed by atoms with E-state index in [4.69, 9.17) is 0 Å². The highest BCUT2D eigenvalue weighted by molar-refractivity contribution is 6.03. The van der Waals surface area contributed by atoms with E-state index in [9.17, 15) is 9.90 Å². The molecule has 0 saturated heterocycles. The Hall–Kier alpha value is -3.20. The number of allylic oxidation sites excluding steroid dienone is 1. The van der Waals surface area contributed by atoms with Crippen molar-refractivity contribution in [2.24, 2.45) is 22.7 Å². The number of hydrogen-bond donors (Lipinski definition) is 1. The molecule has 3 aromatic rings. The Bertz CT molecular complexity index is 1160. The van der Waals surface area contributed by atoms with Gasteiger partial charge in [-0.05, 0) is 70.9 Å². The molecule has 3 aromatic carbocycles. The highest BCUT2D eigenvalue weighted by Crippen LogP contribution is 2.35. The Kier molecular flexibility index (Phi) is 6.03. The minimum Gasteiger partial charge on any atom is -0.507 e. The summed E-state index contributed by atoms with van der Waals surface area (Å²) in [4.78, 5) is 17.5. The molecule has 1 aliphatic carbocycles. The number of carbonyl (C=O) groups excluding carboxylic acids is 1. The van der Waals surface area contributed by atoms with Gasteiger partial charge >= 0.3 is 0 Å². The number of phenolic OH excluding ortho intramolecular Hbond substituents is 1. The van der Waals surface area contributed by atoms with Crippen molar-refractivity contribution in [3.63, 3.8) is 0 Å². The molecule has 4 rings (SSSR count). The van der Waals surface area contributed by atoms with Crippen molar-refractivity contribution in [2.45, 2.75) is 33.6 Å². The van der Waals surface area contributed by atoms with E-state index in [1.54, 1.807) is 12.3 Å². The Labute approximate surface area is 184 Å². The van der Waals surface area contributed by atoms with E-state index >= 15 is 0 Å². The van der Waals surface area contributed by atoms with Crippen molar-refractivity contribution in [1.29, 1.82) is 0 Å². The number of nitrogens with zero attached hydrogens (tertiary/aromatic N) is 1. The van der Waals surface area contributed by atoms with Crippen molar-refractivity contribution < 1.29 is 9.90 Å². The van der Waals surface area contributed by atoms with Crippen LogP contribution in [0.5, 0.6) is 5.75 Å². The van der Waals surface area contributed by atoms with E-state index in [-0.39, 0.29) is 11.7 Å². The molecule has 31 heavy (non-hydrogen) atoms. The van der Waals surface area contributed by atoms with Gasteiger partial charge in [-0.1, -0.05) is 63.2 Å². The van der Waals surface area contributed by atoms with Crippen LogP contribution in [0.3, 0.4) is 0 Å². The van der Waals surface area contributed by atoms with Gasteiger partial charge in [0.05, 0.1) is 5.69 Å². The van der Waals surface area contributed by atoms with Crippen molar-refractivity contribution in [3.8, 4) is 5.75 Å². The molecule has 2 atom stereocenters. The van der Waals surface area contributed by atoms with E-state index in [1.165, 1.54) is 0 Å². The average molecular weight is 412 g/mol. The van der Waals surface area contributed by atoms with Crippen LogP contribution < -0.4 is 0 Å². The Morgan fingerprint density at radius 3 is 2.48 bits per heavy atom. The third-order valence-electron chi connectivity index (χ3n) is 6.37. The molecule has 0 aromatic heterocycles. The number of benzene rings is 3. The number of phenols is 1. The average Bonchev–Trinajstić information content (AvgIpc) is 2.76. The fraction of sp³-hybridized carbons (Fsp3) is 0.286. The Balaban J connectivity index is 1.57. The summed E-state index contributed by atoms with van der Waals surface area (Å²) in [6.07, 6.45) is 5.82. The summed E-state index contributed by atoms with van der Waals surface area (Å²) in [5.74, 6) is 1.34. The molecule has 1 saturated carbocycles. The van der Waals surface area contributed by atoms with Crippen LogP contribution in [-0.2, 0) is 4.79 Å². The van der Waals surface area contributed by atoms with E-state index in [0.29, 0.717) is 23.2 Å². The summed E-state index contributed by atoms with van der Waals surface area (Å²) in [5, 5.41) is 12.3. The predicted molar refractivity (Wildman–Crippen MR) is 129 cm³/mol. The number of ketones is 1. The summed E-state index contributed by atoms with van der Waals surface area (Å²) >= 11 is 0. The lowest BCUT2D eigenvalue weighted by Crippen LogP contribution is -2.30. The molecule has 0 bridgehead atoms. The van der Waals surface area contributed by atoms with E-state index < -0.39 is 0 Å². The lowest BCUT2D eigenvalue weighted by Gasteiger charge is -2.30. The zero-order valence-corrected chi connectivity index (χ0v) is 18.4. The summed E-state index contributed by atoms with van der Waals surface area (Å²) in [6, 6.07) is 19.4. The standard InChI is InChI=1S/C28H29NO2/c1-18(2)23-14-8-19(3)25(28(23)31)16-20-9-12-22(13-10-20)29-17-26-24-7-5-4-6-21(24)11-15-27(26)30/h4-7,9-13,15-19,23,30H,8,14H2,1-3H3/b25-16-,29-17?. The first-order valence-corrected chi connectivity index (χ1v) is 11.0. The van der Waals surface area contributed by atoms with Gasteiger partial charge < -0.3 is 5.11 Å². The van der Waals surface area contributed by atoms with Gasteiger partial charge in [0.1, 0.15) is 5.75 Å². The molecular weight excluding hydrogens is 382 g/mol. The lowest BCUT2D eigenvalue weighted by molar-refractivity contribution is -0.122. The number of fused-ring (bicyclic) bond motifs is 1. The molecule has 1 fully saturated rings. The molecule has 3 heteroatoms. The first-order valence-electron chi connectivity index (χ1n) is 11.0. The summed E-state index contributed by atoms with van der Waals surface area (Å²) < 4.78 is 0. The molecule has 0 heterocycles. The fourth-order valence-electron chi connectivity index (χ4n) is 4.42. The molecule has 3 nitrogen and oxygen atoms in total. The van der Waals surface area contributed by atoms with Gasteiger partial charge in [0.2, 0.25) is 0 Å². The van der Waals surface area contributed by atoms with E-state index in [1.807, 2.05) is 60.7 Å². The van der Waals surface area contributed by atoms with Crippen LogP contribution >= 0.6 is 0 Å². The normalized spacial score (nSPS) is 20.9. The SMILES string of the molecule is CC1CCC(C(C)C)C(=O)/C1=C\c1ccc(N=Cc2c(O)ccc3ccccc23)cc1. The second kappa shape index (κ2) is 8.89. The maximum absolute atomic E-state index is 12.9. The maximum Gasteiger partial charge on any atom is 0.162 e. The minimum atomic E-state index is 0.139. The van der Waals surface area contributed by atoms with E-state index in [2.05, 4.69) is 25.8 Å². The van der Waals surface area contributed by atoms with Gasteiger partial charge in [-0.2, -0.15) is 0 Å². The number of rotatable bonds is 4. The second-order valence-corrected chi connectivity index (χ2v) is 8.86. The quantitative estimate of drug-likeness (QED) is 0.373. The van der Waals surface area contributed by atoms with Crippen LogP contribution in [0.15, 0.2) is 71.2 Å². The Morgan fingerprint density at radius 2 is 1.74 bits per heavy atom. The van der Waals surface area contributed by atoms with Crippen molar-refractivity contribution in [2.75, 3.05) is 0 Å². The predicted octanol–water partition coefficient (Wildman–Crippen LogP) is 6.95. The molecule has 1 N–H and O–H groups in total. The molecule has 0 radical (unpaired) electrons. The number of Topliss-reactive ketones (excluding diaryl/α,β-unsaturated/α-hetero) is 1. The smallest absolute Gasteiger partial charge is 0.162 e. The lowest BCUT2D eigenvalue weighted by atomic mass is 9.73. The fourth-order valence-corrected chi connectivity index (χ4v) is 4.42. The first-order chi connectivity index (χ1) is 14.9. The summed E-state index contributed by atoms with van der Waals surface area (Å²) in [7, 11) is 0. The molecule has 0 spiro atoms. The van der Waals surface area contributed by atoms with Crippen LogP contribution in [0.2, 0.25) is 0 Å².